The van der Waals surface area contributed by atoms with Gasteiger partial charge in [-0.25, -0.2) is 9.78 Å². The van der Waals surface area contributed by atoms with Gasteiger partial charge in [-0.3, -0.25) is 10.3 Å². The molecule has 2 rings (SSSR count). The molecule has 0 spiro atoms. The highest BCUT2D eigenvalue weighted by molar-refractivity contribution is 5.88. The van der Waals surface area contributed by atoms with Gasteiger partial charge in [0.15, 0.2) is 0 Å². The minimum absolute atomic E-state index is 0.0652. The van der Waals surface area contributed by atoms with Crippen molar-refractivity contribution in [1.29, 1.82) is 0 Å². The minimum atomic E-state index is -0.191. The fourth-order valence-electron chi connectivity index (χ4n) is 2.13. The third-order valence-electron chi connectivity index (χ3n) is 3.40. The summed E-state index contributed by atoms with van der Waals surface area (Å²) in [6.45, 7) is 5.85. The maximum absolute atomic E-state index is 12.3. The van der Waals surface area contributed by atoms with Crippen LogP contribution in [0.1, 0.15) is 29.8 Å². The van der Waals surface area contributed by atoms with Gasteiger partial charge in [0.2, 0.25) is 0 Å². The van der Waals surface area contributed by atoms with Gasteiger partial charge in [-0.05, 0) is 50.1 Å². The maximum Gasteiger partial charge on any atom is 0.323 e. The third-order valence-corrected chi connectivity index (χ3v) is 3.40. The molecule has 0 fully saturated rings. The van der Waals surface area contributed by atoms with Gasteiger partial charge in [-0.15, -0.1) is 0 Å². The first kappa shape index (κ1) is 15.0. The Hall–Kier alpha value is -2.43. The highest BCUT2D eigenvalue weighted by atomic mass is 16.2. The number of nitrogens with zero attached hydrogens (tertiary/aromatic N) is 3. The van der Waals surface area contributed by atoms with E-state index in [0.29, 0.717) is 5.82 Å². The van der Waals surface area contributed by atoms with Gasteiger partial charge in [-0.2, -0.15) is 0 Å². The fraction of sp³-hybridized carbons (Fsp3) is 0.312. The van der Waals surface area contributed by atoms with Crippen LogP contribution in [0.3, 0.4) is 0 Å². The van der Waals surface area contributed by atoms with E-state index in [-0.39, 0.29) is 12.1 Å². The average molecular weight is 284 g/mol. The molecular formula is C16H20N4O. The number of nitrogens with one attached hydrogen (secondary N) is 1. The number of anilines is 1. The number of aryl methyl sites for hydroxylation is 2. The molecule has 2 aromatic rings. The fourth-order valence-corrected chi connectivity index (χ4v) is 2.13. The van der Waals surface area contributed by atoms with Crippen LogP contribution in [0, 0.1) is 13.8 Å². The molecule has 1 atom stereocenters. The highest BCUT2D eigenvalue weighted by Gasteiger charge is 2.18. The van der Waals surface area contributed by atoms with Gasteiger partial charge in [-0.1, -0.05) is 6.07 Å². The molecule has 0 radical (unpaired) electrons. The van der Waals surface area contributed by atoms with Crippen LogP contribution in [0.2, 0.25) is 0 Å². The first-order chi connectivity index (χ1) is 9.97. The van der Waals surface area contributed by atoms with Crippen molar-refractivity contribution in [3.05, 3.63) is 53.5 Å². The summed E-state index contributed by atoms with van der Waals surface area (Å²) in [7, 11) is 1.76. The van der Waals surface area contributed by atoms with Crippen LogP contribution < -0.4 is 5.32 Å². The number of amides is 2. The Kier molecular flexibility index (Phi) is 4.52. The zero-order valence-corrected chi connectivity index (χ0v) is 12.8. The second kappa shape index (κ2) is 6.35. The van der Waals surface area contributed by atoms with E-state index in [4.69, 9.17) is 0 Å². The number of hydrogen-bond donors (Lipinski definition) is 1. The standard InChI is InChI=1S/C16H20N4O/c1-11-8-12(2)18-15(9-11)19-16(21)20(4)13(3)14-6-5-7-17-10-14/h5-10,13H,1-4H3,(H,18,19,21). The predicted molar refractivity (Wildman–Crippen MR) is 83.1 cm³/mol. The van der Waals surface area contributed by atoms with Crippen molar-refractivity contribution in [2.24, 2.45) is 0 Å². The Balaban J connectivity index is 2.09. The summed E-state index contributed by atoms with van der Waals surface area (Å²) in [4.78, 5) is 22.3. The van der Waals surface area contributed by atoms with Crippen LogP contribution >= 0.6 is 0 Å². The van der Waals surface area contributed by atoms with E-state index in [2.05, 4.69) is 15.3 Å². The summed E-state index contributed by atoms with van der Waals surface area (Å²) in [5.74, 6) is 0.572. The summed E-state index contributed by atoms with van der Waals surface area (Å²) in [5, 5.41) is 2.83. The van der Waals surface area contributed by atoms with Crippen LogP contribution in [0.5, 0.6) is 0 Å². The number of hydrogen-bond acceptors (Lipinski definition) is 3. The minimum Gasteiger partial charge on any atom is -0.321 e. The molecule has 0 aliphatic rings. The van der Waals surface area contributed by atoms with Crippen molar-refractivity contribution in [2.75, 3.05) is 12.4 Å². The van der Waals surface area contributed by atoms with Gasteiger partial charge in [0.1, 0.15) is 5.82 Å². The molecule has 2 amide bonds. The molecule has 0 saturated carbocycles. The van der Waals surface area contributed by atoms with Crippen molar-refractivity contribution in [2.45, 2.75) is 26.8 Å². The second-order valence-corrected chi connectivity index (χ2v) is 5.17. The zero-order chi connectivity index (χ0) is 15.4. The van der Waals surface area contributed by atoms with E-state index in [1.807, 2.05) is 45.0 Å². The molecule has 0 bridgehead atoms. The van der Waals surface area contributed by atoms with Crippen molar-refractivity contribution in [3.8, 4) is 0 Å². The van der Waals surface area contributed by atoms with E-state index in [1.54, 1.807) is 24.3 Å². The van der Waals surface area contributed by atoms with E-state index >= 15 is 0 Å². The quantitative estimate of drug-likeness (QED) is 0.940. The zero-order valence-electron chi connectivity index (χ0n) is 12.8. The lowest BCUT2D eigenvalue weighted by atomic mass is 10.1. The Morgan fingerprint density at radius 1 is 1.33 bits per heavy atom. The molecule has 1 unspecified atom stereocenters. The Labute approximate surface area is 125 Å². The molecule has 0 aromatic carbocycles. The summed E-state index contributed by atoms with van der Waals surface area (Å²) in [5.41, 5.74) is 2.94. The summed E-state index contributed by atoms with van der Waals surface area (Å²) in [6.07, 6.45) is 3.49. The summed E-state index contributed by atoms with van der Waals surface area (Å²) in [6, 6.07) is 7.39. The molecule has 0 aliphatic carbocycles. The molecule has 0 saturated heterocycles. The molecule has 1 N–H and O–H groups in total. The molecule has 110 valence electrons. The van der Waals surface area contributed by atoms with Crippen molar-refractivity contribution < 1.29 is 4.79 Å². The molecule has 5 nitrogen and oxygen atoms in total. The molecular weight excluding hydrogens is 264 g/mol. The van der Waals surface area contributed by atoms with Gasteiger partial charge in [0, 0.05) is 25.1 Å². The van der Waals surface area contributed by atoms with Crippen molar-refractivity contribution in [3.63, 3.8) is 0 Å². The van der Waals surface area contributed by atoms with E-state index in [9.17, 15) is 4.79 Å². The Morgan fingerprint density at radius 2 is 2.10 bits per heavy atom. The summed E-state index contributed by atoms with van der Waals surface area (Å²) >= 11 is 0. The van der Waals surface area contributed by atoms with Crippen LogP contribution in [-0.2, 0) is 0 Å². The first-order valence-electron chi connectivity index (χ1n) is 6.86. The average Bonchev–Trinajstić information content (AvgIpc) is 2.45. The number of rotatable bonds is 3. The normalized spacial score (nSPS) is 11.8. The second-order valence-electron chi connectivity index (χ2n) is 5.17. The topological polar surface area (TPSA) is 58.1 Å². The molecule has 2 aromatic heterocycles. The van der Waals surface area contributed by atoms with Crippen LogP contribution in [0.4, 0.5) is 10.6 Å². The van der Waals surface area contributed by atoms with Gasteiger partial charge in [0.05, 0.1) is 6.04 Å². The molecule has 21 heavy (non-hydrogen) atoms. The summed E-state index contributed by atoms with van der Waals surface area (Å²) < 4.78 is 0. The highest BCUT2D eigenvalue weighted by Crippen LogP contribution is 2.18. The number of carbonyl (C=O) groups excluding carboxylic acids is 1. The Morgan fingerprint density at radius 3 is 2.71 bits per heavy atom. The first-order valence-corrected chi connectivity index (χ1v) is 6.86. The van der Waals surface area contributed by atoms with Crippen LogP contribution in [0.25, 0.3) is 0 Å². The molecule has 2 heterocycles. The lowest BCUT2D eigenvalue weighted by Crippen LogP contribution is -2.34. The van der Waals surface area contributed by atoms with Gasteiger partial charge in [0.25, 0.3) is 0 Å². The van der Waals surface area contributed by atoms with E-state index in [1.165, 1.54) is 0 Å². The van der Waals surface area contributed by atoms with Crippen LogP contribution in [0.15, 0.2) is 36.7 Å². The molecule has 0 aliphatic heterocycles. The van der Waals surface area contributed by atoms with E-state index < -0.39 is 0 Å². The lowest BCUT2D eigenvalue weighted by Gasteiger charge is -2.25. The van der Waals surface area contributed by atoms with E-state index in [0.717, 1.165) is 16.8 Å². The van der Waals surface area contributed by atoms with Gasteiger partial charge >= 0.3 is 6.03 Å². The molecule has 5 heteroatoms. The predicted octanol–water partition coefficient (Wildman–Crippen LogP) is 3.32. The third kappa shape index (κ3) is 3.78. The lowest BCUT2D eigenvalue weighted by molar-refractivity contribution is 0.208. The van der Waals surface area contributed by atoms with Crippen molar-refractivity contribution in [1.82, 2.24) is 14.9 Å². The van der Waals surface area contributed by atoms with Gasteiger partial charge < -0.3 is 4.90 Å². The van der Waals surface area contributed by atoms with Crippen molar-refractivity contribution >= 4 is 11.8 Å². The Bertz CT molecular complexity index is 607. The van der Waals surface area contributed by atoms with Crippen LogP contribution in [-0.4, -0.2) is 27.9 Å². The number of pyridine rings is 2. The number of urea groups is 1. The monoisotopic (exact) mass is 284 g/mol. The SMILES string of the molecule is Cc1cc(C)nc(NC(=O)N(C)C(C)c2cccnc2)c1. The number of carbonyl (C=O) groups is 1. The number of aromatic nitrogens is 2. The smallest absolute Gasteiger partial charge is 0.321 e. The largest absolute Gasteiger partial charge is 0.323 e. The maximum atomic E-state index is 12.3.